The molecule has 0 aliphatic carbocycles. The maximum absolute atomic E-state index is 4.21. The Balaban J connectivity index is 1.96. The van der Waals surface area contributed by atoms with Crippen LogP contribution in [0.25, 0.3) is 0 Å². The van der Waals surface area contributed by atoms with Crippen molar-refractivity contribution in [3.8, 4) is 0 Å². The molecule has 0 bridgehead atoms. The zero-order valence-corrected chi connectivity index (χ0v) is 8.38. The van der Waals surface area contributed by atoms with Crippen molar-refractivity contribution in [2.45, 2.75) is 13.5 Å². The maximum Gasteiger partial charge on any atom is 0.222 e. The lowest BCUT2D eigenvalue weighted by Gasteiger charge is -2.02. The molecule has 0 radical (unpaired) electrons. The van der Waals surface area contributed by atoms with Gasteiger partial charge < -0.3 is 5.32 Å². The Morgan fingerprint density at radius 2 is 1.87 bits per heavy atom. The van der Waals surface area contributed by atoms with Crippen LogP contribution < -0.4 is 5.32 Å². The summed E-state index contributed by atoms with van der Waals surface area (Å²) < 4.78 is 0. The Morgan fingerprint density at radius 1 is 1.07 bits per heavy atom. The van der Waals surface area contributed by atoms with Crippen molar-refractivity contribution in [1.29, 1.82) is 0 Å². The van der Waals surface area contributed by atoms with Crippen LogP contribution in [0.4, 0.5) is 5.95 Å². The molecule has 5 heteroatoms. The molecule has 2 aromatic rings. The van der Waals surface area contributed by atoms with Gasteiger partial charge in [0.1, 0.15) is 0 Å². The first-order valence-corrected chi connectivity index (χ1v) is 4.63. The van der Waals surface area contributed by atoms with E-state index in [9.17, 15) is 0 Å². The van der Waals surface area contributed by atoms with Crippen LogP contribution >= 0.6 is 0 Å². The highest BCUT2D eigenvalue weighted by Crippen LogP contribution is 1.99. The third-order valence-corrected chi connectivity index (χ3v) is 1.83. The summed E-state index contributed by atoms with van der Waals surface area (Å²) in [6.45, 7) is 2.49. The standard InChI is InChI=1S/C10H11N5/c1-8-5-14-9(6-13-8)7-15-10-11-3-2-4-12-10/h2-6H,7H2,1H3,(H,11,12,15). The average Bonchev–Trinajstić information content (AvgIpc) is 2.30. The van der Waals surface area contributed by atoms with E-state index in [4.69, 9.17) is 0 Å². The largest absolute Gasteiger partial charge is 0.349 e. The van der Waals surface area contributed by atoms with Gasteiger partial charge in [-0.1, -0.05) is 0 Å². The topological polar surface area (TPSA) is 63.6 Å². The van der Waals surface area contributed by atoms with Crippen molar-refractivity contribution in [1.82, 2.24) is 19.9 Å². The van der Waals surface area contributed by atoms with Crippen LogP contribution in [0.2, 0.25) is 0 Å². The molecule has 2 heterocycles. The van der Waals surface area contributed by atoms with Gasteiger partial charge in [0.2, 0.25) is 5.95 Å². The van der Waals surface area contributed by atoms with Crippen LogP contribution in [0.3, 0.4) is 0 Å². The fourth-order valence-corrected chi connectivity index (χ4v) is 1.07. The van der Waals surface area contributed by atoms with Gasteiger partial charge >= 0.3 is 0 Å². The molecule has 1 N–H and O–H groups in total. The predicted molar refractivity (Wildman–Crippen MR) is 56.1 cm³/mol. The first-order chi connectivity index (χ1) is 7.34. The predicted octanol–water partition coefficient (Wildman–Crippen LogP) is 1.19. The van der Waals surface area contributed by atoms with E-state index < -0.39 is 0 Å². The smallest absolute Gasteiger partial charge is 0.222 e. The minimum absolute atomic E-state index is 0.581. The molecule has 2 rings (SSSR count). The summed E-state index contributed by atoms with van der Waals surface area (Å²) in [6, 6.07) is 1.77. The monoisotopic (exact) mass is 201 g/mol. The zero-order chi connectivity index (χ0) is 10.5. The van der Waals surface area contributed by atoms with E-state index in [-0.39, 0.29) is 0 Å². The number of aromatic nitrogens is 4. The molecule has 0 amide bonds. The van der Waals surface area contributed by atoms with Gasteiger partial charge in [0.15, 0.2) is 0 Å². The minimum Gasteiger partial charge on any atom is -0.349 e. The number of aryl methyl sites for hydroxylation is 1. The second-order valence-corrected chi connectivity index (χ2v) is 3.08. The summed E-state index contributed by atoms with van der Waals surface area (Å²) in [6.07, 6.45) is 6.86. The van der Waals surface area contributed by atoms with E-state index >= 15 is 0 Å². The average molecular weight is 201 g/mol. The lowest BCUT2D eigenvalue weighted by Crippen LogP contribution is -2.05. The lowest BCUT2D eigenvalue weighted by molar-refractivity contribution is 0.962. The first-order valence-electron chi connectivity index (χ1n) is 4.63. The summed E-state index contributed by atoms with van der Waals surface area (Å²) in [7, 11) is 0. The molecular formula is C10H11N5. The number of nitrogens with zero attached hydrogens (tertiary/aromatic N) is 4. The van der Waals surface area contributed by atoms with Crippen molar-refractivity contribution < 1.29 is 0 Å². The van der Waals surface area contributed by atoms with E-state index in [1.807, 2.05) is 6.92 Å². The molecule has 0 atom stereocenters. The van der Waals surface area contributed by atoms with Gasteiger partial charge in [-0.2, -0.15) is 0 Å². The van der Waals surface area contributed by atoms with Crippen molar-refractivity contribution in [3.63, 3.8) is 0 Å². The summed E-state index contributed by atoms with van der Waals surface area (Å²) in [5.41, 5.74) is 1.78. The Bertz CT molecular complexity index is 412. The molecule has 2 aromatic heterocycles. The Morgan fingerprint density at radius 3 is 2.53 bits per heavy atom. The quantitative estimate of drug-likeness (QED) is 0.808. The molecular weight excluding hydrogens is 190 g/mol. The second-order valence-electron chi connectivity index (χ2n) is 3.08. The minimum atomic E-state index is 0.581. The maximum atomic E-state index is 4.21. The summed E-state index contributed by atoms with van der Waals surface area (Å²) in [5.74, 6) is 0.597. The molecule has 0 aliphatic rings. The normalized spacial score (nSPS) is 9.93. The summed E-state index contributed by atoms with van der Waals surface area (Å²) in [5, 5.41) is 3.06. The highest BCUT2D eigenvalue weighted by molar-refractivity contribution is 5.23. The van der Waals surface area contributed by atoms with Gasteiger partial charge in [-0.15, -0.1) is 0 Å². The number of nitrogens with one attached hydrogen (secondary N) is 1. The Kier molecular flexibility index (Phi) is 2.82. The molecule has 5 nitrogen and oxygen atoms in total. The van der Waals surface area contributed by atoms with Crippen LogP contribution in [0.1, 0.15) is 11.4 Å². The third kappa shape index (κ3) is 2.70. The third-order valence-electron chi connectivity index (χ3n) is 1.83. The van der Waals surface area contributed by atoms with Gasteiger partial charge in [0, 0.05) is 18.6 Å². The molecule has 15 heavy (non-hydrogen) atoms. The zero-order valence-electron chi connectivity index (χ0n) is 8.38. The molecule has 0 aromatic carbocycles. The molecule has 0 unspecified atom stereocenters. The lowest BCUT2D eigenvalue weighted by atomic mass is 10.4. The molecule has 0 saturated carbocycles. The van der Waals surface area contributed by atoms with E-state index in [0.717, 1.165) is 11.4 Å². The van der Waals surface area contributed by atoms with Gasteiger partial charge in [0.25, 0.3) is 0 Å². The van der Waals surface area contributed by atoms with E-state index in [1.165, 1.54) is 0 Å². The number of hydrogen-bond acceptors (Lipinski definition) is 5. The van der Waals surface area contributed by atoms with E-state index in [1.54, 1.807) is 30.9 Å². The van der Waals surface area contributed by atoms with Crippen molar-refractivity contribution in [3.05, 3.63) is 42.2 Å². The van der Waals surface area contributed by atoms with Gasteiger partial charge in [0.05, 0.1) is 24.1 Å². The highest BCUT2D eigenvalue weighted by atomic mass is 15.1. The van der Waals surface area contributed by atoms with Crippen LogP contribution in [0.5, 0.6) is 0 Å². The number of rotatable bonds is 3. The van der Waals surface area contributed by atoms with Crippen LogP contribution in [0, 0.1) is 6.92 Å². The van der Waals surface area contributed by atoms with Crippen LogP contribution in [-0.2, 0) is 6.54 Å². The molecule has 0 spiro atoms. The van der Waals surface area contributed by atoms with Gasteiger partial charge in [-0.3, -0.25) is 9.97 Å². The van der Waals surface area contributed by atoms with Gasteiger partial charge in [-0.05, 0) is 13.0 Å². The van der Waals surface area contributed by atoms with E-state index in [0.29, 0.717) is 12.5 Å². The Hall–Kier alpha value is -2.04. The van der Waals surface area contributed by atoms with Crippen LogP contribution in [0.15, 0.2) is 30.9 Å². The van der Waals surface area contributed by atoms with Crippen LogP contribution in [-0.4, -0.2) is 19.9 Å². The molecule has 76 valence electrons. The SMILES string of the molecule is Cc1cnc(CNc2ncccn2)cn1. The molecule has 0 fully saturated rings. The summed E-state index contributed by atoms with van der Waals surface area (Å²) >= 11 is 0. The molecule has 0 aliphatic heterocycles. The fraction of sp³-hybridized carbons (Fsp3) is 0.200. The van der Waals surface area contributed by atoms with Crippen molar-refractivity contribution >= 4 is 5.95 Å². The van der Waals surface area contributed by atoms with Crippen molar-refractivity contribution in [2.75, 3.05) is 5.32 Å². The van der Waals surface area contributed by atoms with E-state index in [2.05, 4.69) is 25.3 Å². The summed E-state index contributed by atoms with van der Waals surface area (Å²) in [4.78, 5) is 16.4. The van der Waals surface area contributed by atoms with Gasteiger partial charge in [-0.25, -0.2) is 9.97 Å². The fourth-order valence-electron chi connectivity index (χ4n) is 1.07. The second kappa shape index (κ2) is 4.45. The number of hydrogen-bond donors (Lipinski definition) is 1. The number of anilines is 1. The highest BCUT2D eigenvalue weighted by Gasteiger charge is 1.96. The molecule has 0 saturated heterocycles. The van der Waals surface area contributed by atoms with Crippen molar-refractivity contribution in [2.24, 2.45) is 0 Å². The first kappa shape index (κ1) is 9.51. The Labute approximate surface area is 87.6 Å².